The maximum atomic E-state index is 4.40. The predicted octanol–water partition coefficient (Wildman–Crippen LogP) is 3.64. The van der Waals surface area contributed by atoms with Crippen LogP contribution in [0.1, 0.15) is 12.6 Å². The first kappa shape index (κ1) is 15.0. The van der Waals surface area contributed by atoms with Gasteiger partial charge in [-0.3, -0.25) is 4.98 Å². The number of aromatic nitrogens is 3. The lowest BCUT2D eigenvalue weighted by molar-refractivity contribution is 0.967. The van der Waals surface area contributed by atoms with Gasteiger partial charge in [0, 0.05) is 24.5 Å². The Bertz CT molecular complexity index is 731. The molecule has 0 aliphatic rings. The summed E-state index contributed by atoms with van der Waals surface area (Å²) in [6.45, 7) is 3.57. The van der Waals surface area contributed by atoms with Crippen molar-refractivity contribution >= 4 is 17.3 Å². The smallest absolute Gasteiger partial charge is 0.138 e. The van der Waals surface area contributed by atoms with Crippen LogP contribution in [0.4, 0.5) is 17.3 Å². The average molecular weight is 305 g/mol. The highest BCUT2D eigenvalue weighted by molar-refractivity contribution is 5.61. The molecule has 5 heteroatoms. The van der Waals surface area contributed by atoms with Crippen LogP contribution in [0.3, 0.4) is 0 Å². The zero-order chi connectivity index (χ0) is 15.9. The molecule has 0 unspecified atom stereocenters. The molecule has 3 rings (SSSR count). The molecular formula is C18H19N5. The number of hydrogen-bond donors (Lipinski definition) is 1. The van der Waals surface area contributed by atoms with Gasteiger partial charge in [-0.25, -0.2) is 9.97 Å². The van der Waals surface area contributed by atoms with Crippen molar-refractivity contribution in [3.63, 3.8) is 0 Å². The van der Waals surface area contributed by atoms with E-state index < -0.39 is 0 Å². The first-order chi connectivity index (χ1) is 11.4. The van der Waals surface area contributed by atoms with Crippen LogP contribution < -0.4 is 10.2 Å². The SMILES string of the molecule is CCN(c1ccccc1)c1cc(NCc2ccccn2)ncn1. The second-order valence-electron chi connectivity index (χ2n) is 5.02. The molecule has 0 atom stereocenters. The van der Waals surface area contributed by atoms with Gasteiger partial charge in [-0.05, 0) is 31.2 Å². The van der Waals surface area contributed by atoms with Crippen LogP contribution in [-0.4, -0.2) is 21.5 Å². The lowest BCUT2D eigenvalue weighted by Gasteiger charge is -2.22. The van der Waals surface area contributed by atoms with Crippen LogP contribution in [0.2, 0.25) is 0 Å². The van der Waals surface area contributed by atoms with Gasteiger partial charge < -0.3 is 10.2 Å². The molecule has 0 saturated carbocycles. The van der Waals surface area contributed by atoms with E-state index in [4.69, 9.17) is 0 Å². The number of para-hydroxylation sites is 1. The molecule has 0 saturated heterocycles. The third-order valence-corrected chi connectivity index (χ3v) is 3.49. The normalized spacial score (nSPS) is 10.3. The van der Waals surface area contributed by atoms with Crippen molar-refractivity contribution in [2.45, 2.75) is 13.5 Å². The Labute approximate surface area is 136 Å². The number of nitrogens with zero attached hydrogens (tertiary/aromatic N) is 4. The van der Waals surface area contributed by atoms with E-state index in [1.807, 2.05) is 42.5 Å². The predicted molar refractivity (Wildman–Crippen MR) is 92.7 cm³/mol. The van der Waals surface area contributed by atoms with Crippen molar-refractivity contribution in [1.29, 1.82) is 0 Å². The van der Waals surface area contributed by atoms with E-state index in [-0.39, 0.29) is 0 Å². The highest BCUT2D eigenvalue weighted by atomic mass is 15.2. The first-order valence-electron chi connectivity index (χ1n) is 7.65. The summed E-state index contributed by atoms with van der Waals surface area (Å²) < 4.78 is 0. The largest absolute Gasteiger partial charge is 0.364 e. The Balaban J connectivity index is 1.76. The summed E-state index contributed by atoms with van der Waals surface area (Å²) >= 11 is 0. The fraction of sp³-hybridized carbons (Fsp3) is 0.167. The molecular weight excluding hydrogens is 286 g/mol. The maximum absolute atomic E-state index is 4.40. The Morgan fingerprint density at radius 2 is 1.78 bits per heavy atom. The zero-order valence-corrected chi connectivity index (χ0v) is 13.1. The fourth-order valence-corrected chi connectivity index (χ4v) is 2.36. The highest BCUT2D eigenvalue weighted by Crippen LogP contribution is 2.24. The highest BCUT2D eigenvalue weighted by Gasteiger charge is 2.09. The van der Waals surface area contributed by atoms with Crippen molar-refractivity contribution in [2.75, 3.05) is 16.8 Å². The van der Waals surface area contributed by atoms with Gasteiger partial charge in [0.25, 0.3) is 0 Å². The molecule has 1 N–H and O–H groups in total. The molecule has 1 aromatic carbocycles. The molecule has 5 nitrogen and oxygen atoms in total. The van der Waals surface area contributed by atoms with Gasteiger partial charge in [0.2, 0.25) is 0 Å². The second-order valence-corrected chi connectivity index (χ2v) is 5.02. The van der Waals surface area contributed by atoms with Crippen molar-refractivity contribution in [3.05, 3.63) is 72.8 Å². The molecule has 0 spiro atoms. The molecule has 116 valence electrons. The molecule has 2 aromatic heterocycles. The van der Waals surface area contributed by atoms with Gasteiger partial charge in [-0.1, -0.05) is 24.3 Å². The Hall–Kier alpha value is -2.95. The molecule has 0 fully saturated rings. The second kappa shape index (κ2) is 7.35. The minimum atomic E-state index is 0.634. The van der Waals surface area contributed by atoms with Crippen LogP contribution in [0.5, 0.6) is 0 Å². The fourth-order valence-electron chi connectivity index (χ4n) is 2.36. The number of hydrogen-bond acceptors (Lipinski definition) is 5. The monoisotopic (exact) mass is 305 g/mol. The Morgan fingerprint density at radius 3 is 2.52 bits per heavy atom. The average Bonchev–Trinajstić information content (AvgIpc) is 2.63. The standard InChI is InChI=1S/C18H19N5/c1-2-23(16-9-4-3-5-10-16)18-12-17(21-14-22-18)20-13-15-8-6-7-11-19-15/h3-12,14H,2,13H2,1H3,(H,20,21,22). The summed E-state index contributed by atoms with van der Waals surface area (Å²) in [5.41, 5.74) is 2.09. The lowest BCUT2D eigenvalue weighted by atomic mass is 10.3. The van der Waals surface area contributed by atoms with Crippen LogP contribution >= 0.6 is 0 Å². The van der Waals surface area contributed by atoms with Gasteiger partial charge in [0.15, 0.2) is 0 Å². The van der Waals surface area contributed by atoms with E-state index in [9.17, 15) is 0 Å². The molecule has 3 aromatic rings. The van der Waals surface area contributed by atoms with E-state index in [0.29, 0.717) is 6.54 Å². The van der Waals surface area contributed by atoms with Crippen LogP contribution in [-0.2, 0) is 6.54 Å². The third-order valence-electron chi connectivity index (χ3n) is 3.49. The van der Waals surface area contributed by atoms with Gasteiger partial charge in [0.1, 0.15) is 18.0 Å². The zero-order valence-electron chi connectivity index (χ0n) is 13.1. The van der Waals surface area contributed by atoms with E-state index in [0.717, 1.165) is 29.6 Å². The molecule has 0 bridgehead atoms. The van der Waals surface area contributed by atoms with Crippen LogP contribution in [0.15, 0.2) is 67.1 Å². The molecule has 0 amide bonds. The Morgan fingerprint density at radius 1 is 0.957 bits per heavy atom. The molecule has 23 heavy (non-hydrogen) atoms. The number of anilines is 3. The first-order valence-corrected chi connectivity index (χ1v) is 7.65. The summed E-state index contributed by atoms with van der Waals surface area (Å²) in [6.07, 6.45) is 3.37. The molecule has 0 aliphatic carbocycles. The number of benzene rings is 1. The minimum Gasteiger partial charge on any atom is -0.364 e. The summed E-state index contributed by atoms with van der Waals surface area (Å²) in [7, 11) is 0. The maximum Gasteiger partial charge on any atom is 0.138 e. The van der Waals surface area contributed by atoms with E-state index >= 15 is 0 Å². The van der Waals surface area contributed by atoms with Crippen LogP contribution in [0, 0.1) is 0 Å². The molecule has 0 aliphatic heterocycles. The lowest BCUT2D eigenvalue weighted by Crippen LogP contribution is -2.17. The minimum absolute atomic E-state index is 0.634. The van der Waals surface area contributed by atoms with Crippen molar-refractivity contribution in [1.82, 2.24) is 15.0 Å². The Kier molecular flexibility index (Phi) is 4.79. The van der Waals surface area contributed by atoms with E-state index in [1.54, 1.807) is 12.5 Å². The van der Waals surface area contributed by atoms with Gasteiger partial charge in [-0.2, -0.15) is 0 Å². The summed E-state index contributed by atoms with van der Waals surface area (Å²) in [4.78, 5) is 15.1. The molecule has 0 radical (unpaired) electrons. The summed E-state index contributed by atoms with van der Waals surface area (Å²) in [5, 5.41) is 3.29. The quantitative estimate of drug-likeness (QED) is 0.753. The van der Waals surface area contributed by atoms with Crippen LogP contribution in [0.25, 0.3) is 0 Å². The van der Waals surface area contributed by atoms with E-state index in [1.165, 1.54) is 0 Å². The van der Waals surface area contributed by atoms with Gasteiger partial charge in [-0.15, -0.1) is 0 Å². The summed E-state index contributed by atoms with van der Waals surface area (Å²) in [6, 6.07) is 18.0. The number of rotatable bonds is 6. The van der Waals surface area contributed by atoms with Gasteiger partial charge in [0.05, 0.1) is 12.2 Å². The third kappa shape index (κ3) is 3.83. The van der Waals surface area contributed by atoms with Gasteiger partial charge >= 0.3 is 0 Å². The van der Waals surface area contributed by atoms with Crippen molar-refractivity contribution < 1.29 is 0 Å². The number of pyridine rings is 1. The number of nitrogens with one attached hydrogen (secondary N) is 1. The topological polar surface area (TPSA) is 53.9 Å². The van der Waals surface area contributed by atoms with E-state index in [2.05, 4.69) is 44.2 Å². The van der Waals surface area contributed by atoms with Crippen molar-refractivity contribution in [3.8, 4) is 0 Å². The van der Waals surface area contributed by atoms with Crippen molar-refractivity contribution in [2.24, 2.45) is 0 Å². The summed E-state index contributed by atoms with van der Waals surface area (Å²) in [5.74, 6) is 1.66. The molecule has 2 heterocycles.